The van der Waals surface area contributed by atoms with Gasteiger partial charge in [-0.2, -0.15) is 0 Å². The zero-order valence-corrected chi connectivity index (χ0v) is 21.2. The van der Waals surface area contributed by atoms with Crippen LogP contribution in [0.25, 0.3) is 10.8 Å². The molecule has 36 heavy (non-hydrogen) atoms. The Morgan fingerprint density at radius 2 is 1.53 bits per heavy atom. The molecular formula is C30H30N2O4. The maximum absolute atomic E-state index is 12.1. The third-order valence-electron chi connectivity index (χ3n) is 6.14. The fraction of sp³-hybridized carbons (Fsp3) is 0.233. The molecule has 184 valence electrons. The standard InChI is InChI=1S/C30H30N2O4/c1-19(2)23-13-9-14-24(20(3)4)29(23)31-18-21-17-26(32(33)34)25-15-10-16-27(35-5)28(25)30(21)36-22-11-7-6-8-12-22/h6-20H,1-5H3. The highest BCUT2D eigenvalue weighted by Gasteiger charge is 2.23. The SMILES string of the molecule is COc1cccc2c([N+](=O)[O-])cc(C=Nc3c(C(C)C)cccc3C(C)C)c(Oc3ccccc3)c12. The number of ether oxygens (including phenoxy) is 2. The van der Waals surface area contributed by atoms with E-state index in [9.17, 15) is 10.1 Å². The van der Waals surface area contributed by atoms with E-state index in [-0.39, 0.29) is 22.4 Å². The molecule has 4 rings (SSSR count). The molecule has 0 heterocycles. The Kier molecular flexibility index (Phi) is 7.34. The molecule has 0 fully saturated rings. The van der Waals surface area contributed by atoms with Gasteiger partial charge in [0.25, 0.3) is 5.69 Å². The Bertz CT molecular complexity index is 1400. The normalized spacial score (nSPS) is 11.5. The summed E-state index contributed by atoms with van der Waals surface area (Å²) in [5.74, 6) is 2.08. The Morgan fingerprint density at radius 1 is 0.889 bits per heavy atom. The van der Waals surface area contributed by atoms with E-state index in [2.05, 4.69) is 45.9 Å². The number of aliphatic imine (C=N–C) groups is 1. The van der Waals surface area contributed by atoms with Gasteiger partial charge in [0.05, 0.1) is 28.5 Å². The molecule has 0 aliphatic rings. The van der Waals surface area contributed by atoms with Gasteiger partial charge in [-0.25, -0.2) is 0 Å². The minimum atomic E-state index is -0.382. The number of nitrogens with zero attached hydrogens (tertiary/aromatic N) is 2. The van der Waals surface area contributed by atoms with Gasteiger partial charge in [0.1, 0.15) is 17.2 Å². The summed E-state index contributed by atoms with van der Waals surface area (Å²) in [6.07, 6.45) is 1.67. The van der Waals surface area contributed by atoms with Crippen molar-refractivity contribution in [3.8, 4) is 17.2 Å². The average molecular weight is 483 g/mol. The van der Waals surface area contributed by atoms with Crippen molar-refractivity contribution in [2.24, 2.45) is 4.99 Å². The number of para-hydroxylation sites is 2. The average Bonchev–Trinajstić information content (AvgIpc) is 2.87. The van der Waals surface area contributed by atoms with Gasteiger partial charge in [-0.15, -0.1) is 0 Å². The second-order valence-electron chi connectivity index (χ2n) is 9.22. The maximum atomic E-state index is 12.1. The third kappa shape index (κ3) is 4.93. The molecule has 0 radical (unpaired) electrons. The number of rotatable bonds is 8. The van der Waals surface area contributed by atoms with Crippen LogP contribution in [0.5, 0.6) is 17.2 Å². The van der Waals surface area contributed by atoms with Gasteiger partial charge in [-0.1, -0.05) is 70.2 Å². The highest BCUT2D eigenvalue weighted by molar-refractivity contribution is 6.06. The highest BCUT2D eigenvalue weighted by Crippen LogP contribution is 2.43. The van der Waals surface area contributed by atoms with E-state index in [1.165, 1.54) is 6.07 Å². The first-order valence-corrected chi connectivity index (χ1v) is 12.0. The van der Waals surface area contributed by atoms with Crippen LogP contribution < -0.4 is 9.47 Å². The quantitative estimate of drug-likeness (QED) is 0.143. The Labute approximate surface area is 211 Å². The van der Waals surface area contributed by atoms with Crippen molar-refractivity contribution < 1.29 is 14.4 Å². The molecule has 0 aromatic heterocycles. The third-order valence-corrected chi connectivity index (χ3v) is 6.14. The minimum Gasteiger partial charge on any atom is -0.496 e. The van der Waals surface area contributed by atoms with Gasteiger partial charge >= 0.3 is 0 Å². The van der Waals surface area contributed by atoms with Crippen LogP contribution in [0.4, 0.5) is 11.4 Å². The van der Waals surface area contributed by atoms with E-state index in [1.54, 1.807) is 31.5 Å². The first-order valence-electron chi connectivity index (χ1n) is 12.0. The van der Waals surface area contributed by atoms with E-state index >= 15 is 0 Å². The molecule has 0 aliphatic heterocycles. The fourth-order valence-electron chi connectivity index (χ4n) is 4.34. The van der Waals surface area contributed by atoms with Gasteiger partial charge in [0, 0.05) is 17.8 Å². The maximum Gasteiger partial charge on any atom is 0.278 e. The van der Waals surface area contributed by atoms with Gasteiger partial charge in [0.15, 0.2) is 0 Å². The predicted molar refractivity (Wildman–Crippen MR) is 146 cm³/mol. The molecule has 0 amide bonds. The van der Waals surface area contributed by atoms with Crippen LogP contribution in [0.15, 0.2) is 77.8 Å². The lowest BCUT2D eigenvalue weighted by Crippen LogP contribution is -2.00. The lowest BCUT2D eigenvalue weighted by molar-refractivity contribution is -0.383. The van der Waals surface area contributed by atoms with Crippen LogP contribution in [0.1, 0.15) is 56.2 Å². The molecule has 0 bridgehead atoms. The zero-order valence-electron chi connectivity index (χ0n) is 21.2. The summed E-state index contributed by atoms with van der Waals surface area (Å²) in [5, 5.41) is 13.0. The van der Waals surface area contributed by atoms with Crippen molar-refractivity contribution in [3.05, 3.63) is 99.6 Å². The van der Waals surface area contributed by atoms with Crippen LogP contribution in [-0.4, -0.2) is 18.2 Å². The molecule has 4 aromatic rings. The first-order chi connectivity index (χ1) is 17.3. The van der Waals surface area contributed by atoms with Crippen molar-refractivity contribution >= 4 is 28.4 Å². The van der Waals surface area contributed by atoms with Gasteiger partial charge in [-0.05, 0) is 47.2 Å². The van der Waals surface area contributed by atoms with Crippen molar-refractivity contribution in [2.45, 2.75) is 39.5 Å². The first kappa shape index (κ1) is 24.9. The number of non-ortho nitro benzene ring substituents is 1. The monoisotopic (exact) mass is 482 g/mol. The van der Waals surface area contributed by atoms with E-state index < -0.39 is 0 Å². The van der Waals surface area contributed by atoms with Gasteiger partial charge in [0.2, 0.25) is 0 Å². The number of methoxy groups -OCH3 is 1. The lowest BCUT2D eigenvalue weighted by atomic mass is 9.93. The van der Waals surface area contributed by atoms with Crippen molar-refractivity contribution in [3.63, 3.8) is 0 Å². The van der Waals surface area contributed by atoms with Crippen LogP contribution in [-0.2, 0) is 0 Å². The molecule has 0 N–H and O–H groups in total. The molecule has 4 aromatic carbocycles. The summed E-state index contributed by atoms with van der Waals surface area (Å²) in [6, 6.07) is 22.3. The molecule has 6 nitrogen and oxygen atoms in total. The van der Waals surface area contributed by atoms with Gasteiger partial charge in [-0.3, -0.25) is 15.1 Å². The molecule has 0 atom stereocenters. The molecule has 0 spiro atoms. The zero-order chi connectivity index (χ0) is 25.8. The Morgan fingerprint density at radius 3 is 2.11 bits per heavy atom. The topological polar surface area (TPSA) is 74.0 Å². The smallest absolute Gasteiger partial charge is 0.278 e. The molecule has 6 heteroatoms. The summed E-state index contributed by atoms with van der Waals surface area (Å²) in [7, 11) is 1.54. The summed E-state index contributed by atoms with van der Waals surface area (Å²) in [5.41, 5.74) is 3.59. The van der Waals surface area contributed by atoms with Gasteiger partial charge < -0.3 is 9.47 Å². The summed E-state index contributed by atoms with van der Waals surface area (Å²) < 4.78 is 12.0. The number of nitro groups is 1. The largest absolute Gasteiger partial charge is 0.496 e. The fourth-order valence-corrected chi connectivity index (χ4v) is 4.34. The molecule has 0 unspecified atom stereocenters. The van der Waals surface area contributed by atoms with E-state index in [4.69, 9.17) is 14.5 Å². The summed E-state index contributed by atoms with van der Waals surface area (Å²) >= 11 is 0. The Balaban J connectivity index is 2.01. The van der Waals surface area contributed by atoms with E-state index in [0.29, 0.717) is 33.6 Å². The second kappa shape index (κ2) is 10.6. The van der Waals surface area contributed by atoms with Crippen LogP contribution in [0.3, 0.4) is 0 Å². The number of benzene rings is 4. The van der Waals surface area contributed by atoms with Crippen molar-refractivity contribution in [1.82, 2.24) is 0 Å². The summed E-state index contributed by atoms with van der Waals surface area (Å²) in [4.78, 5) is 16.6. The number of hydrogen-bond donors (Lipinski definition) is 0. The highest BCUT2D eigenvalue weighted by atomic mass is 16.6. The summed E-state index contributed by atoms with van der Waals surface area (Å²) in [6.45, 7) is 8.53. The van der Waals surface area contributed by atoms with E-state index in [1.807, 2.05) is 30.3 Å². The van der Waals surface area contributed by atoms with Crippen LogP contribution in [0, 0.1) is 10.1 Å². The van der Waals surface area contributed by atoms with Crippen LogP contribution >= 0.6 is 0 Å². The molecular weight excluding hydrogens is 452 g/mol. The molecule has 0 aliphatic carbocycles. The Hall–Kier alpha value is -4.19. The number of nitro benzene ring substituents is 1. The predicted octanol–water partition coefficient (Wildman–Crippen LogP) is 8.55. The van der Waals surface area contributed by atoms with Crippen molar-refractivity contribution in [2.75, 3.05) is 7.11 Å². The minimum absolute atomic E-state index is 0.0352. The van der Waals surface area contributed by atoms with Crippen LogP contribution in [0.2, 0.25) is 0 Å². The molecule has 0 saturated heterocycles. The second-order valence-corrected chi connectivity index (χ2v) is 9.22. The van der Waals surface area contributed by atoms with Crippen molar-refractivity contribution in [1.29, 1.82) is 0 Å². The number of hydrogen-bond acceptors (Lipinski definition) is 5. The van der Waals surface area contributed by atoms with E-state index in [0.717, 1.165) is 16.8 Å². The number of fused-ring (bicyclic) bond motifs is 1. The molecule has 0 saturated carbocycles. The lowest BCUT2D eigenvalue weighted by Gasteiger charge is -2.17.